The van der Waals surface area contributed by atoms with Gasteiger partial charge < -0.3 is 16.0 Å². The molecule has 30 heavy (non-hydrogen) atoms. The molecule has 4 rings (SSSR count). The normalized spacial score (nSPS) is 14.5. The number of rotatable bonds is 6. The number of amides is 2. The first-order valence-corrected chi connectivity index (χ1v) is 10.1. The lowest BCUT2D eigenvalue weighted by Crippen LogP contribution is -2.38. The number of carbonyl (C=O) groups excluding carboxylic acids is 2. The number of anilines is 2. The van der Waals surface area contributed by atoms with Gasteiger partial charge in [-0.3, -0.25) is 9.59 Å². The summed E-state index contributed by atoms with van der Waals surface area (Å²) >= 11 is 0. The molecule has 0 spiro atoms. The van der Waals surface area contributed by atoms with Crippen molar-refractivity contribution < 1.29 is 9.59 Å². The SMILES string of the molecule is NC(=O)C1CCN(c2ccc(NC(=O)Cc3cnn(-c4ccccc4)c3)cc2)CC1. The van der Waals surface area contributed by atoms with E-state index in [0.717, 1.165) is 48.6 Å². The zero-order valence-corrected chi connectivity index (χ0v) is 16.7. The predicted octanol–water partition coefficient (Wildman–Crippen LogP) is 2.76. The van der Waals surface area contributed by atoms with Crippen LogP contribution in [-0.4, -0.2) is 34.7 Å². The average molecular weight is 403 g/mol. The topological polar surface area (TPSA) is 93.2 Å². The highest BCUT2D eigenvalue weighted by molar-refractivity contribution is 5.92. The molecule has 1 aliphatic heterocycles. The van der Waals surface area contributed by atoms with Crippen LogP contribution < -0.4 is 16.0 Å². The van der Waals surface area contributed by atoms with Gasteiger partial charge in [0, 0.05) is 36.6 Å². The van der Waals surface area contributed by atoms with Crippen LogP contribution >= 0.6 is 0 Å². The van der Waals surface area contributed by atoms with Crippen LogP contribution in [0.4, 0.5) is 11.4 Å². The summed E-state index contributed by atoms with van der Waals surface area (Å²) in [7, 11) is 0. The van der Waals surface area contributed by atoms with Crippen LogP contribution in [0, 0.1) is 5.92 Å². The highest BCUT2D eigenvalue weighted by atomic mass is 16.2. The Bertz CT molecular complexity index is 1010. The molecular formula is C23H25N5O2. The lowest BCUT2D eigenvalue weighted by Gasteiger charge is -2.32. The van der Waals surface area contributed by atoms with Gasteiger partial charge in [-0.1, -0.05) is 18.2 Å². The summed E-state index contributed by atoms with van der Waals surface area (Å²) in [4.78, 5) is 26.0. The first-order chi connectivity index (χ1) is 14.6. The summed E-state index contributed by atoms with van der Waals surface area (Å²) in [5, 5.41) is 7.26. The van der Waals surface area contributed by atoms with Crippen LogP contribution in [0.1, 0.15) is 18.4 Å². The van der Waals surface area contributed by atoms with Crippen LogP contribution in [0.25, 0.3) is 5.69 Å². The van der Waals surface area contributed by atoms with Gasteiger partial charge in [0.1, 0.15) is 0 Å². The van der Waals surface area contributed by atoms with E-state index in [1.807, 2.05) is 60.8 Å². The molecule has 154 valence electrons. The van der Waals surface area contributed by atoms with Crippen LogP contribution in [0.3, 0.4) is 0 Å². The number of nitrogens with one attached hydrogen (secondary N) is 1. The molecule has 0 aliphatic carbocycles. The molecule has 2 aromatic carbocycles. The highest BCUT2D eigenvalue weighted by Crippen LogP contribution is 2.24. The van der Waals surface area contributed by atoms with E-state index in [0.29, 0.717) is 0 Å². The Labute approximate surface area is 175 Å². The Balaban J connectivity index is 1.31. The van der Waals surface area contributed by atoms with Gasteiger partial charge in [0.15, 0.2) is 0 Å². The van der Waals surface area contributed by atoms with Gasteiger partial charge >= 0.3 is 0 Å². The Kier molecular flexibility index (Phi) is 5.79. The maximum Gasteiger partial charge on any atom is 0.228 e. The third kappa shape index (κ3) is 4.68. The van der Waals surface area contributed by atoms with E-state index in [1.165, 1.54) is 0 Å². The van der Waals surface area contributed by atoms with Gasteiger partial charge in [-0.2, -0.15) is 5.10 Å². The van der Waals surface area contributed by atoms with Crippen molar-refractivity contribution in [2.45, 2.75) is 19.3 Å². The van der Waals surface area contributed by atoms with E-state index in [9.17, 15) is 9.59 Å². The zero-order valence-electron chi connectivity index (χ0n) is 16.7. The van der Waals surface area contributed by atoms with Crippen LogP contribution in [0.2, 0.25) is 0 Å². The van der Waals surface area contributed by atoms with E-state index in [1.54, 1.807) is 10.9 Å². The maximum atomic E-state index is 12.4. The van der Waals surface area contributed by atoms with E-state index in [2.05, 4.69) is 15.3 Å². The van der Waals surface area contributed by atoms with Gasteiger partial charge in [0.05, 0.1) is 18.3 Å². The molecule has 0 radical (unpaired) electrons. The molecule has 0 saturated carbocycles. The van der Waals surface area contributed by atoms with Crippen molar-refractivity contribution in [2.24, 2.45) is 11.7 Å². The third-order valence-electron chi connectivity index (χ3n) is 5.44. The summed E-state index contributed by atoms with van der Waals surface area (Å²) in [6, 6.07) is 17.6. The van der Waals surface area contributed by atoms with Crippen molar-refractivity contribution in [3.05, 3.63) is 72.6 Å². The summed E-state index contributed by atoms with van der Waals surface area (Å²) in [5.74, 6) is -0.314. The van der Waals surface area contributed by atoms with Crippen molar-refractivity contribution in [1.29, 1.82) is 0 Å². The quantitative estimate of drug-likeness (QED) is 0.662. The zero-order chi connectivity index (χ0) is 20.9. The van der Waals surface area contributed by atoms with Gasteiger partial charge in [0.25, 0.3) is 0 Å². The number of para-hydroxylation sites is 1. The average Bonchev–Trinajstić information content (AvgIpc) is 3.23. The van der Waals surface area contributed by atoms with Crippen molar-refractivity contribution in [3.8, 4) is 5.69 Å². The van der Waals surface area contributed by atoms with E-state index >= 15 is 0 Å². The molecule has 0 atom stereocenters. The van der Waals surface area contributed by atoms with Gasteiger partial charge in [0.2, 0.25) is 11.8 Å². The number of nitrogens with two attached hydrogens (primary N) is 1. The Morgan fingerprint density at radius 2 is 1.70 bits per heavy atom. The Morgan fingerprint density at radius 3 is 2.37 bits per heavy atom. The number of hydrogen-bond acceptors (Lipinski definition) is 4. The second-order valence-electron chi connectivity index (χ2n) is 7.56. The monoisotopic (exact) mass is 403 g/mol. The molecule has 2 heterocycles. The Morgan fingerprint density at radius 1 is 1.00 bits per heavy atom. The van der Waals surface area contributed by atoms with Crippen molar-refractivity contribution in [1.82, 2.24) is 9.78 Å². The van der Waals surface area contributed by atoms with Crippen molar-refractivity contribution in [2.75, 3.05) is 23.3 Å². The number of aromatic nitrogens is 2. The molecule has 3 N–H and O–H groups in total. The molecular weight excluding hydrogens is 378 g/mol. The Hall–Kier alpha value is -3.61. The minimum atomic E-state index is -0.206. The molecule has 7 heteroatoms. The predicted molar refractivity (Wildman–Crippen MR) is 116 cm³/mol. The fourth-order valence-electron chi connectivity index (χ4n) is 3.74. The lowest BCUT2D eigenvalue weighted by atomic mass is 9.96. The number of benzene rings is 2. The van der Waals surface area contributed by atoms with Crippen LogP contribution in [0.5, 0.6) is 0 Å². The largest absolute Gasteiger partial charge is 0.371 e. The smallest absolute Gasteiger partial charge is 0.228 e. The number of hydrogen-bond donors (Lipinski definition) is 2. The molecule has 2 amide bonds. The molecule has 1 aliphatic rings. The maximum absolute atomic E-state index is 12.4. The second-order valence-corrected chi connectivity index (χ2v) is 7.56. The summed E-state index contributed by atoms with van der Waals surface area (Å²) in [6.45, 7) is 1.62. The van der Waals surface area contributed by atoms with E-state index < -0.39 is 0 Å². The first kappa shape index (κ1) is 19.7. The van der Waals surface area contributed by atoms with Crippen molar-refractivity contribution >= 4 is 23.2 Å². The number of nitrogens with zero attached hydrogens (tertiary/aromatic N) is 3. The first-order valence-electron chi connectivity index (χ1n) is 10.1. The molecule has 0 bridgehead atoms. The highest BCUT2D eigenvalue weighted by Gasteiger charge is 2.23. The summed E-state index contributed by atoms with van der Waals surface area (Å²) in [6.07, 6.45) is 5.41. The fourth-order valence-corrected chi connectivity index (χ4v) is 3.74. The molecule has 3 aromatic rings. The summed E-state index contributed by atoms with van der Waals surface area (Å²) < 4.78 is 1.76. The number of carbonyl (C=O) groups is 2. The molecule has 7 nitrogen and oxygen atoms in total. The lowest BCUT2D eigenvalue weighted by molar-refractivity contribution is -0.122. The van der Waals surface area contributed by atoms with Gasteiger partial charge in [-0.25, -0.2) is 4.68 Å². The molecule has 1 fully saturated rings. The summed E-state index contributed by atoms with van der Waals surface area (Å²) in [5.41, 5.74) is 9.05. The van der Waals surface area contributed by atoms with Crippen molar-refractivity contribution in [3.63, 3.8) is 0 Å². The van der Waals surface area contributed by atoms with Gasteiger partial charge in [-0.05, 0) is 54.8 Å². The standard InChI is InChI=1S/C23H25N5O2/c24-23(30)18-10-12-27(13-11-18)20-8-6-19(7-9-20)26-22(29)14-17-15-25-28(16-17)21-4-2-1-3-5-21/h1-9,15-16,18H,10-14H2,(H2,24,30)(H,26,29). The van der Waals surface area contributed by atoms with E-state index in [4.69, 9.17) is 5.73 Å². The van der Waals surface area contributed by atoms with Crippen LogP contribution in [-0.2, 0) is 16.0 Å². The molecule has 1 aromatic heterocycles. The minimum Gasteiger partial charge on any atom is -0.371 e. The molecule has 0 unspecified atom stereocenters. The third-order valence-corrected chi connectivity index (χ3v) is 5.44. The number of primary amides is 1. The molecule has 1 saturated heterocycles. The minimum absolute atomic E-state index is 0.0222. The second kappa shape index (κ2) is 8.82. The fraction of sp³-hybridized carbons (Fsp3) is 0.261. The van der Waals surface area contributed by atoms with Crippen LogP contribution in [0.15, 0.2) is 67.0 Å². The van der Waals surface area contributed by atoms with Gasteiger partial charge in [-0.15, -0.1) is 0 Å². The van der Waals surface area contributed by atoms with E-state index in [-0.39, 0.29) is 24.2 Å². The number of piperidine rings is 1.